The van der Waals surface area contributed by atoms with Gasteiger partial charge in [-0.15, -0.1) is 0 Å². The maximum absolute atomic E-state index is 2.52. The Kier molecular flexibility index (Phi) is 3.47. The molecule has 112 valence electrons. The number of aromatic nitrogens is 1. The van der Waals surface area contributed by atoms with Crippen molar-refractivity contribution >= 4 is 10.9 Å². The van der Waals surface area contributed by atoms with E-state index in [1.807, 2.05) is 0 Å². The second-order valence-electron chi connectivity index (χ2n) is 6.37. The van der Waals surface area contributed by atoms with Gasteiger partial charge in [0.15, 0.2) is 0 Å². The van der Waals surface area contributed by atoms with Crippen molar-refractivity contribution in [2.24, 2.45) is 0 Å². The van der Waals surface area contributed by atoms with E-state index in [-0.39, 0.29) is 0 Å². The Morgan fingerprint density at radius 3 is 2.32 bits per heavy atom. The molecule has 0 saturated carbocycles. The minimum absolute atomic E-state index is 0.624. The molecule has 1 aliphatic heterocycles. The van der Waals surface area contributed by atoms with Gasteiger partial charge in [-0.3, -0.25) is 0 Å². The summed E-state index contributed by atoms with van der Waals surface area (Å²) in [6.07, 6.45) is 4.85. The SMILES string of the molecule is CN1CCC(n2cc(-c3ccccc3)c3ccccc32)CC1. The first-order chi connectivity index (χ1) is 10.8. The second-order valence-corrected chi connectivity index (χ2v) is 6.37. The van der Waals surface area contributed by atoms with Crippen LogP contribution in [0, 0.1) is 0 Å². The summed E-state index contributed by atoms with van der Waals surface area (Å²) in [7, 11) is 2.22. The highest BCUT2D eigenvalue weighted by Crippen LogP contribution is 2.34. The molecule has 0 atom stereocenters. The minimum atomic E-state index is 0.624. The van der Waals surface area contributed by atoms with Gasteiger partial charge in [0, 0.05) is 28.7 Å². The van der Waals surface area contributed by atoms with Crippen molar-refractivity contribution in [3.8, 4) is 11.1 Å². The van der Waals surface area contributed by atoms with E-state index in [1.54, 1.807) is 0 Å². The molecular weight excluding hydrogens is 268 g/mol. The lowest BCUT2D eigenvalue weighted by atomic mass is 10.1. The normalized spacial score (nSPS) is 17.1. The predicted octanol–water partition coefficient (Wildman–Crippen LogP) is 4.58. The number of fused-ring (bicyclic) bond motifs is 1. The van der Waals surface area contributed by atoms with Gasteiger partial charge in [0.1, 0.15) is 0 Å². The summed E-state index contributed by atoms with van der Waals surface area (Å²) in [5.41, 5.74) is 4.04. The highest BCUT2D eigenvalue weighted by molar-refractivity contribution is 5.96. The summed E-state index contributed by atoms with van der Waals surface area (Å²) in [4.78, 5) is 2.43. The third-order valence-electron chi connectivity index (χ3n) is 4.91. The van der Waals surface area contributed by atoms with Gasteiger partial charge in [-0.2, -0.15) is 0 Å². The lowest BCUT2D eigenvalue weighted by Gasteiger charge is -2.30. The maximum Gasteiger partial charge on any atom is 0.0489 e. The van der Waals surface area contributed by atoms with Crippen molar-refractivity contribution in [2.75, 3.05) is 20.1 Å². The van der Waals surface area contributed by atoms with Crippen molar-refractivity contribution in [3.63, 3.8) is 0 Å². The zero-order chi connectivity index (χ0) is 14.9. The fourth-order valence-corrected chi connectivity index (χ4v) is 3.63. The van der Waals surface area contributed by atoms with Crippen molar-refractivity contribution in [1.82, 2.24) is 9.47 Å². The number of piperidine rings is 1. The first-order valence-electron chi connectivity index (χ1n) is 8.16. The molecule has 0 bridgehead atoms. The Morgan fingerprint density at radius 2 is 1.55 bits per heavy atom. The van der Waals surface area contributed by atoms with Crippen LogP contribution >= 0.6 is 0 Å². The zero-order valence-electron chi connectivity index (χ0n) is 13.1. The predicted molar refractivity (Wildman–Crippen MR) is 93.1 cm³/mol. The molecule has 4 rings (SSSR count). The molecule has 1 aromatic heterocycles. The molecule has 2 aromatic carbocycles. The van der Waals surface area contributed by atoms with Gasteiger partial charge in [-0.1, -0.05) is 48.5 Å². The summed E-state index contributed by atoms with van der Waals surface area (Å²) in [6, 6.07) is 20.2. The van der Waals surface area contributed by atoms with Crippen LogP contribution in [0.15, 0.2) is 60.8 Å². The Labute approximate surface area is 132 Å². The van der Waals surface area contributed by atoms with Gasteiger partial charge in [-0.25, -0.2) is 0 Å². The van der Waals surface area contributed by atoms with Crippen molar-refractivity contribution in [2.45, 2.75) is 18.9 Å². The van der Waals surface area contributed by atoms with Crippen molar-refractivity contribution in [3.05, 3.63) is 60.8 Å². The molecule has 0 N–H and O–H groups in total. The van der Waals surface area contributed by atoms with Gasteiger partial charge in [0.05, 0.1) is 0 Å². The highest BCUT2D eigenvalue weighted by atomic mass is 15.1. The van der Waals surface area contributed by atoms with Crippen LogP contribution in [0.2, 0.25) is 0 Å². The molecule has 2 nitrogen and oxygen atoms in total. The van der Waals surface area contributed by atoms with E-state index < -0.39 is 0 Å². The molecule has 2 heteroatoms. The molecule has 3 aromatic rings. The Balaban J connectivity index is 1.83. The average Bonchev–Trinajstić information content (AvgIpc) is 2.96. The van der Waals surface area contributed by atoms with Crippen LogP contribution in [0.3, 0.4) is 0 Å². The van der Waals surface area contributed by atoms with Gasteiger partial charge in [-0.05, 0) is 44.6 Å². The van der Waals surface area contributed by atoms with Crippen LogP contribution in [0.5, 0.6) is 0 Å². The molecule has 1 aliphatic rings. The number of likely N-dealkylation sites (tertiary alicyclic amines) is 1. The van der Waals surface area contributed by atoms with E-state index in [0.717, 1.165) is 0 Å². The van der Waals surface area contributed by atoms with Gasteiger partial charge < -0.3 is 9.47 Å². The minimum Gasteiger partial charge on any atom is -0.344 e. The molecule has 0 radical (unpaired) electrons. The Hall–Kier alpha value is -2.06. The van der Waals surface area contributed by atoms with Crippen LogP contribution in [-0.2, 0) is 0 Å². The molecule has 2 heterocycles. The Bertz CT molecular complexity index is 765. The third kappa shape index (κ3) is 2.34. The maximum atomic E-state index is 2.52. The van der Waals surface area contributed by atoms with Crippen LogP contribution < -0.4 is 0 Å². The molecule has 22 heavy (non-hydrogen) atoms. The molecule has 0 amide bonds. The van der Waals surface area contributed by atoms with Crippen LogP contribution in [0.1, 0.15) is 18.9 Å². The summed E-state index contributed by atoms with van der Waals surface area (Å²) < 4.78 is 2.52. The van der Waals surface area contributed by atoms with E-state index in [4.69, 9.17) is 0 Å². The highest BCUT2D eigenvalue weighted by Gasteiger charge is 2.21. The van der Waals surface area contributed by atoms with Crippen LogP contribution in [-0.4, -0.2) is 29.6 Å². The summed E-state index contributed by atoms with van der Waals surface area (Å²) >= 11 is 0. The van der Waals surface area contributed by atoms with Gasteiger partial charge >= 0.3 is 0 Å². The lowest BCUT2D eigenvalue weighted by Crippen LogP contribution is -2.31. The number of hydrogen-bond acceptors (Lipinski definition) is 1. The van der Waals surface area contributed by atoms with E-state index in [0.29, 0.717) is 6.04 Å². The molecule has 1 fully saturated rings. The molecule has 0 aliphatic carbocycles. The van der Waals surface area contributed by atoms with Crippen molar-refractivity contribution in [1.29, 1.82) is 0 Å². The van der Waals surface area contributed by atoms with Crippen LogP contribution in [0.4, 0.5) is 0 Å². The van der Waals surface area contributed by atoms with E-state index >= 15 is 0 Å². The fourth-order valence-electron chi connectivity index (χ4n) is 3.63. The number of benzene rings is 2. The number of hydrogen-bond donors (Lipinski definition) is 0. The second kappa shape index (κ2) is 5.62. The smallest absolute Gasteiger partial charge is 0.0489 e. The standard InChI is InChI=1S/C20H22N2/c1-21-13-11-17(12-14-21)22-15-19(16-7-3-2-4-8-16)18-9-5-6-10-20(18)22/h2-10,15,17H,11-14H2,1H3. The lowest BCUT2D eigenvalue weighted by molar-refractivity contribution is 0.224. The zero-order valence-corrected chi connectivity index (χ0v) is 13.1. The topological polar surface area (TPSA) is 8.17 Å². The van der Waals surface area contributed by atoms with Crippen molar-refractivity contribution < 1.29 is 0 Å². The quantitative estimate of drug-likeness (QED) is 0.671. The monoisotopic (exact) mass is 290 g/mol. The first-order valence-corrected chi connectivity index (χ1v) is 8.16. The molecule has 0 unspecified atom stereocenters. The van der Waals surface area contributed by atoms with E-state index in [2.05, 4.69) is 77.3 Å². The summed E-state index contributed by atoms with van der Waals surface area (Å²) in [6.45, 7) is 2.38. The Morgan fingerprint density at radius 1 is 0.864 bits per heavy atom. The van der Waals surface area contributed by atoms with E-state index in [1.165, 1.54) is 48.0 Å². The molecule has 0 spiro atoms. The third-order valence-corrected chi connectivity index (χ3v) is 4.91. The molecule has 1 saturated heterocycles. The van der Waals surface area contributed by atoms with Crippen LogP contribution in [0.25, 0.3) is 22.0 Å². The average molecular weight is 290 g/mol. The largest absolute Gasteiger partial charge is 0.344 e. The fraction of sp³-hybridized carbons (Fsp3) is 0.300. The number of rotatable bonds is 2. The van der Waals surface area contributed by atoms with E-state index in [9.17, 15) is 0 Å². The molecular formula is C20H22N2. The number of para-hydroxylation sites is 1. The van der Waals surface area contributed by atoms with Gasteiger partial charge in [0.25, 0.3) is 0 Å². The van der Waals surface area contributed by atoms with Gasteiger partial charge in [0.2, 0.25) is 0 Å². The summed E-state index contributed by atoms with van der Waals surface area (Å²) in [5, 5.41) is 1.37. The number of nitrogens with zero attached hydrogens (tertiary/aromatic N) is 2. The first kappa shape index (κ1) is 13.6. The summed E-state index contributed by atoms with van der Waals surface area (Å²) in [5.74, 6) is 0.